The van der Waals surface area contributed by atoms with Crippen LogP contribution >= 0.6 is 0 Å². The Labute approximate surface area is 127 Å². The van der Waals surface area contributed by atoms with Gasteiger partial charge in [0.15, 0.2) is 0 Å². The molecule has 0 aliphatic heterocycles. The fraction of sp³-hybridized carbons (Fsp3) is 0.647. The lowest BCUT2D eigenvalue weighted by molar-refractivity contribution is -0.151. The van der Waals surface area contributed by atoms with Crippen molar-refractivity contribution in [2.75, 3.05) is 7.11 Å². The Morgan fingerprint density at radius 3 is 2.33 bits per heavy atom. The summed E-state index contributed by atoms with van der Waals surface area (Å²) in [5.74, 6) is -2.38. The van der Waals surface area contributed by atoms with Crippen molar-refractivity contribution < 1.29 is 19.4 Å². The Bertz CT molecular complexity index is 407. The predicted molar refractivity (Wildman–Crippen MR) is 84.0 cm³/mol. The van der Waals surface area contributed by atoms with Crippen LogP contribution in [0.5, 0.6) is 0 Å². The predicted octanol–water partition coefficient (Wildman–Crippen LogP) is 3.97. The maximum absolute atomic E-state index is 11.3. The van der Waals surface area contributed by atoms with Gasteiger partial charge in [-0.3, -0.25) is 9.59 Å². The summed E-state index contributed by atoms with van der Waals surface area (Å²) < 4.78 is 4.56. The number of carbonyl (C=O) groups is 2. The van der Waals surface area contributed by atoms with Crippen molar-refractivity contribution in [3.8, 4) is 0 Å². The Morgan fingerprint density at radius 2 is 1.86 bits per heavy atom. The lowest BCUT2D eigenvalue weighted by atomic mass is 9.89. The molecule has 0 spiro atoms. The average molecular weight is 296 g/mol. The molecule has 0 radical (unpaired) electrons. The van der Waals surface area contributed by atoms with Crippen LogP contribution in [0.15, 0.2) is 23.3 Å². The van der Waals surface area contributed by atoms with Crippen LogP contribution in [0, 0.1) is 11.8 Å². The van der Waals surface area contributed by atoms with Crippen molar-refractivity contribution in [2.45, 2.75) is 53.4 Å². The molecule has 0 aromatic carbocycles. The number of esters is 1. The number of aliphatic carboxylic acids is 1. The van der Waals surface area contributed by atoms with Gasteiger partial charge in [-0.25, -0.2) is 0 Å². The van der Waals surface area contributed by atoms with E-state index in [1.165, 1.54) is 12.7 Å². The third-order valence-electron chi connectivity index (χ3n) is 3.70. The summed E-state index contributed by atoms with van der Waals surface area (Å²) in [6, 6.07) is 0. The van der Waals surface area contributed by atoms with Crippen LogP contribution in [0.3, 0.4) is 0 Å². The van der Waals surface area contributed by atoms with Gasteiger partial charge >= 0.3 is 11.9 Å². The molecular weight excluding hydrogens is 268 g/mol. The molecular formula is C17H28O4. The molecule has 0 saturated carbocycles. The van der Waals surface area contributed by atoms with Gasteiger partial charge in [0.25, 0.3) is 0 Å². The molecule has 0 heterocycles. The maximum Gasteiger partial charge on any atom is 0.307 e. The molecule has 21 heavy (non-hydrogen) atoms. The second-order valence-corrected chi connectivity index (χ2v) is 5.54. The third kappa shape index (κ3) is 8.33. The molecule has 0 aromatic heterocycles. The fourth-order valence-corrected chi connectivity index (χ4v) is 2.10. The fourth-order valence-electron chi connectivity index (χ4n) is 2.10. The summed E-state index contributed by atoms with van der Waals surface area (Å²) in [7, 11) is 1.27. The van der Waals surface area contributed by atoms with E-state index in [0.717, 1.165) is 24.8 Å². The molecule has 0 saturated heterocycles. The monoisotopic (exact) mass is 296 g/mol. The second-order valence-electron chi connectivity index (χ2n) is 5.54. The Hall–Kier alpha value is -1.58. The van der Waals surface area contributed by atoms with E-state index in [-0.39, 0.29) is 12.3 Å². The lowest BCUT2D eigenvalue weighted by Gasteiger charge is -2.17. The molecule has 2 atom stereocenters. The highest BCUT2D eigenvalue weighted by Crippen LogP contribution is 2.21. The second kappa shape index (κ2) is 10.2. The molecule has 0 rings (SSSR count). The number of hydrogen-bond donors (Lipinski definition) is 1. The van der Waals surface area contributed by atoms with Gasteiger partial charge in [0.1, 0.15) is 0 Å². The molecule has 4 heteroatoms. The van der Waals surface area contributed by atoms with Crippen LogP contribution in [0.1, 0.15) is 53.4 Å². The van der Waals surface area contributed by atoms with Gasteiger partial charge in [-0.05, 0) is 39.0 Å². The maximum atomic E-state index is 11.3. The Balaban J connectivity index is 4.64. The van der Waals surface area contributed by atoms with E-state index in [2.05, 4.69) is 24.7 Å². The van der Waals surface area contributed by atoms with Crippen molar-refractivity contribution in [3.05, 3.63) is 23.3 Å². The van der Waals surface area contributed by atoms with Crippen molar-refractivity contribution in [2.24, 2.45) is 11.8 Å². The summed E-state index contributed by atoms with van der Waals surface area (Å²) in [6.45, 7) is 8.07. The van der Waals surface area contributed by atoms with Crippen molar-refractivity contribution >= 4 is 11.9 Å². The van der Waals surface area contributed by atoms with Crippen molar-refractivity contribution in [1.29, 1.82) is 0 Å². The highest BCUT2D eigenvalue weighted by atomic mass is 16.5. The smallest absolute Gasteiger partial charge is 0.307 e. The first kappa shape index (κ1) is 19.4. The van der Waals surface area contributed by atoms with E-state index in [9.17, 15) is 14.7 Å². The Kier molecular flexibility index (Phi) is 9.42. The topological polar surface area (TPSA) is 63.6 Å². The molecule has 0 aromatic rings. The lowest BCUT2D eigenvalue weighted by Crippen LogP contribution is -2.24. The van der Waals surface area contributed by atoms with Crippen LogP contribution < -0.4 is 0 Å². The zero-order chi connectivity index (χ0) is 16.4. The SMILES string of the molecule is CC/C(C)=C/CCC(C)=CC(C)C(CC(=O)OC)C(=O)O. The van der Waals surface area contributed by atoms with E-state index in [4.69, 9.17) is 0 Å². The van der Waals surface area contributed by atoms with Crippen LogP contribution in [0.4, 0.5) is 0 Å². The normalized spacial score (nSPS) is 15.5. The molecule has 120 valence electrons. The minimum Gasteiger partial charge on any atom is -0.481 e. The minimum absolute atomic E-state index is 0.0916. The highest BCUT2D eigenvalue weighted by Gasteiger charge is 2.26. The van der Waals surface area contributed by atoms with Gasteiger partial charge in [0, 0.05) is 0 Å². The molecule has 0 bridgehead atoms. The van der Waals surface area contributed by atoms with Gasteiger partial charge < -0.3 is 9.84 Å². The summed E-state index contributed by atoms with van der Waals surface area (Å²) in [5, 5.41) is 9.24. The number of allylic oxidation sites excluding steroid dienone is 4. The molecule has 0 amide bonds. The molecule has 2 unspecified atom stereocenters. The van der Waals surface area contributed by atoms with E-state index < -0.39 is 17.9 Å². The van der Waals surface area contributed by atoms with Gasteiger partial charge in [0.05, 0.1) is 19.4 Å². The first-order chi connectivity index (χ1) is 9.81. The highest BCUT2D eigenvalue weighted by molar-refractivity contribution is 5.79. The van der Waals surface area contributed by atoms with Crippen LogP contribution in [0.25, 0.3) is 0 Å². The standard InChI is InChI=1S/C17H28O4/c1-6-12(2)8-7-9-13(3)10-14(4)15(17(19)20)11-16(18)21-5/h8,10,14-15H,6-7,9,11H2,1-5H3,(H,19,20)/b12-8+,13-10?. The van der Waals surface area contributed by atoms with Crippen LogP contribution in [-0.2, 0) is 14.3 Å². The number of methoxy groups -OCH3 is 1. The summed E-state index contributed by atoms with van der Waals surface area (Å²) in [5.41, 5.74) is 2.52. The molecule has 0 fully saturated rings. The molecule has 0 aliphatic rings. The van der Waals surface area contributed by atoms with E-state index in [1.54, 1.807) is 0 Å². The van der Waals surface area contributed by atoms with Gasteiger partial charge in [-0.1, -0.05) is 37.1 Å². The number of carboxylic acids is 1. The van der Waals surface area contributed by atoms with Crippen LogP contribution in [0.2, 0.25) is 0 Å². The number of carboxylic acid groups (broad SMARTS) is 1. The average Bonchev–Trinajstić information content (AvgIpc) is 2.43. The zero-order valence-corrected chi connectivity index (χ0v) is 13.8. The van der Waals surface area contributed by atoms with Gasteiger partial charge in [-0.15, -0.1) is 0 Å². The molecule has 4 nitrogen and oxygen atoms in total. The summed E-state index contributed by atoms with van der Waals surface area (Å²) in [4.78, 5) is 22.6. The number of carbonyl (C=O) groups excluding carboxylic acids is 1. The number of ether oxygens (including phenoxy) is 1. The molecule has 0 aliphatic carbocycles. The van der Waals surface area contributed by atoms with Crippen molar-refractivity contribution in [3.63, 3.8) is 0 Å². The summed E-state index contributed by atoms with van der Waals surface area (Å²) >= 11 is 0. The number of rotatable bonds is 9. The van der Waals surface area contributed by atoms with Crippen LogP contribution in [-0.4, -0.2) is 24.2 Å². The summed E-state index contributed by atoms with van der Waals surface area (Å²) in [6.07, 6.45) is 7.00. The Morgan fingerprint density at radius 1 is 1.24 bits per heavy atom. The largest absolute Gasteiger partial charge is 0.481 e. The van der Waals surface area contributed by atoms with Gasteiger partial charge in [0.2, 0.25) is 0 Å². The first-order valence-corrected chi connectivity index (χ1v) is 7.44. The van der Waals surface area contributed by atoms with Gasteiger partial charge in [-0.2, -0.15) is 0 Å². The van der Waals surface area contributed by atoms with E-state index >= 15 is 0 Å². The number of hydrogen-bond acceptors (Lipinski definition) is 3. The first-order valence-electron chi connectivity index (χ1n) is 7.44. The molecule has 1 N–H and O–H groups in total. The van der Waals surface area contributed by atoms with E-state index in [1.807, 2.05) is 19.9 Å². The zero-order valence-electron chi connectivity index (χ0n) is 13.8. The van der Waals surface area contributed by atoms with E-state index in [0.29, 0.717) is 0 Å². The van der Waals surface area contributed by atoms with Crippen molar-refractivity contribution in [1.82, 2.24) is 0 Å². The quantitative estimate of drug-likeness (QED) is 0.516. The third-order valence-corrected chi connectivity index (χ3v) is 3.70. The minimum atomic E-state index is -0.960.